The van der Waals surface area contributed by atoms with Gasteiger partial charge < -0.3 is 14.8 Å². The summed E-state index contributed by atoms with van der Waals surface area (Å²) in [6, 6.07) is 10.0. The van der Waals surface area contributed by atoms with Crippen LogP contribution in [0.25, 0.3) is 0 Å². The molecule has 1 heterocycles. The normalized spacial score (nSPS) is 11.2. The van der Waals surface area contributed by atoms with Gasteiger partial charge in [-0.05, 0) is 30.2 Å². The number of benzene rings is 1. The number of nitrogens with zero attached hydrogens (tertiary/aromatic N) is 1. The van der Waals surface area contributed by atoms with Gasteiger partial charge in [-0.3, -0.25) is 4.79 Å². The third-order valence-corrected chi connectivity index (χ3v) is 3.31. The Morgan fingerprint density at radius 2 is 1.85 bits per heavy atom. The van der Waals surface area contributed by atoms with Gasteiger partial charge in [0.05, 0.1) is 13.2 Å². The van der Waals surface area contributed by atoms with Gasteiger partial charge in [-0.15, -0.1) is 0 Å². The lowest BCUT2D eigenvalue weighted by Crippen LogP contribution is -2.23. The van der Waals surface area contributed by atoms with Gasteiger partial charge in [0.1, 0.15) is 12.2 Å². The van der Waals surface area contributed by atoms with Crippen LogP contribution in [0.1, 0.15) is 28.4 Å². The summed E-state index contributed by atoms with van der Waals surface area (Å²) in [6.45, 7) is 1.06. The predicted octanol–water partition coefficient (Wildman–Crippen LogP) is 3.49. The molecule has 0 unspecified atom stereocenters. The molecule has 1 aromatic carbocycles. The predicted molar refractivity (Wildman–Crippen MR) is 88.7 cm³/mol. The molecule has 8 heteroatoms. The van der Waals surface area contributed by atoms with Crippen LogP contribution in [0.4, 0.5) is 13.2 Å². The van der Waals surface area contributed by atoms with Crippen LogP contribution in [0.5, 0.6) is 5.88 Å². The van der Waals surface area contributed by atoms with Crippen LogP contribution in [-0.2, 0) is 17.9 Å². The van der Waals surface area contributed by atoms with Crippen LogP contribution < -0.4 is 10.1 Å². The number of amides is 1. The summed E-state index contributed by atoms with van der Waals surface area (Å²) in [5.41, 5.74) is 1.77. The van der Waals surface area contributed by atoms with Crippen LogP contribution in [-0.4, -0.2) is 30.3 Å². The number of carbonyl (C=O) groups excluding carboxylic acids is 1. The van der Waals surface area contributed by atoms with E-state index in [-0.39, 0.29) is 24.9 Å². The number of hydrogen-bond donors (Lipinski definition) is 1. The van der Waals surface area contributed by atoms with Gasteiger partial charge in [0.25, 0.3) is 5.91 Å². The highest BCUT2D eigenvalue weighted by molar-refractivity contribution is 5.96. The van der Waals surface area contributed by atoms with E-state index in [9.17, 15) is 18.0 Å². The van der Waals surface area contributed by atoms with E-state index in [2.05, 4.69) is 15.0 Å². The van der Waals surface area contributed by atoms with Crippen molar-refractivity contribution in [2.45, 2.75) is 26.3 Å². The minimum absolute atomic E-state index is 0.125. The lowest BCUT2D eigenvalue weighted by atomic mass is 10.1. The summed E-state index contributed by atoms with van der Waals surface area (Å²) in [7, 11) is 0. The van der Waals surface area contributed by atoms with E-state index in [1.807, 2.05) is 0 Å². The van der Waals surface area contributed by atoms with E-state index < -0.39 is 12.8 Å². The minimum Gasteiger partial charge on any atom is -0.477 e. The number of nitrogens with one attached hydrogen (secondary N) is 1. The fourth-order valence-electron chi connectivity index (χ4n) is 2.13. The van der Waals surface area contributed by atoms with Crippen molar-refractivity contribution in [3.63, 3.8) is 0 Å². The third-order valence-electron chi connectivity index (χ3n) is 3.31. The van der Waals surface area contributed by atoms with Crippen molar-refractivity contribution in [1.29, 1.82) is 0 Å². The molecule has 26 heavy (non-hydrogen) atoms. The second-order valence-electron chi connectivity index (χ2n) is 5.40. The maximum Gasteiger partial charge on any atom is 0.411 e. The minimum atomic E-state index is -4.34. The van der Waals surface area contributed by atoms with Gasteiger partial charge >= 0.3 is 6.18 Å². The number of carbonyl (C=O) groups is 1. The first-order valence-electron chi connectivity index (χ1n) is 7.97. The molecule has 0 spiro atoms. The van der Waals surface area contributed by atoms with Crippen LogP contribution in [0.15, 0.2) is 42.6 Å². The van der Waals surface area contributed by atoms with Gasteiger partial charge in [0.2, 0.25) is 5.88 Å². The lowest BCUT2D eigenvalue weighted by molar-refractivity contribution is -0.176. The molecule has 1 N–H and O–H groups in total. The molecule has 0 atom stereocenters. The maximum absolute atomic E-state index is 12.3. The van der Waals surface area contributed by atoms with Crippen LogP contribution in [0, 0.1) is 0 Å². The first-order valence-corrected chi connectivity index (χ1v) is 7.97. The van der Waals surface area contributed by atoms with Crippen LogP contribution >= 0.6 is 0 Å². The Bertz CT molecular complexity index is 718. The van der Waals surface area contributed by atoms with E-state index in [0.29, 0.717) is 17.7 Å². The summed E-state index contributed by atoms with van der Waals surface area (Å²) in [5.74, 6) is -0.0520. The summed E-state index contributed by atoms with van der Waals surface area (Å²) >= 11 is 0. The zero-order chi connectivity index (χ0) is 19.0. The standard InChI is InChI=1S/C18H19F3N2O3/c1-2-26-17-15(4-3-9-22-17)16(24)23-10-13-5-7-14(8-6-13)11-25-12-18(19,20)21/h3-9H,2,10-12H2,1H3,(H,23,24). The highest BCUT2D eigenvalue weighted by Gasteiger charge is 2.27. The van der Waals surface area contributed by atoms with Crippen molar-refractivity contribution >= 4 is 5.91 Å². The molecule has 140 valence electrons. The van der Waals surface area contributed by atoms with Gasteiger partial charge in [-0.2, -0.15) is 13.2 Å². The van der Waals surface area contributed by atoms with E-state index in [1.54, 1.807) is 49.5 Å². The van der Waals surface area contributed by atoms with Gasteiger partial charge in [-0.25, -0.2) is 4.98 Å². The number of rotatable bonds is 8. The summed E-state index contributed by atoms with van der Waals surface area (Å²) in [6.07, 6.45) is -2.79. The Kier molecular flexibility index (Phi) is 6.97. The first kappa shape index (κ1) is 19.7. The highest BCUT2D eigenvalue weighted by atomic mass is 19.4. The molecule has 0 saturated heterocycles. The zero-order valence-electron chi connectivity index (χ0n) is 14.2. The number of halogens is 3. The fraction of sp³-hybridized carbons (Fsp3) is 0.333. The van der Waals surface area contributed by atoms with Crippen LogP contribution in [0.3, 0.4) is 0 Å². The van der Waals surface area contributed by atoms with Crippen molar-refractivity contribution in [2.75, 3.05) is 13.2 Å². The second-order valence-corrected chi connectivity index (χ2v) is 5.40. The first-order chi connectivity index (χ1) is 12.4. The largest absolute Gasteiger partial charge is 0.477 e. The lowest BCUT2D eigenvalue weighted by Gasteiger charge is -2.10. The van der Waals surface area contributed by atoms with Crippen molar-refractivity contribution in [2.24, 2.45) is 0 Å². The van der Waals surface area contributed by atoms with Crippen molar-refractivity contribution in [3.05, 3.63) is 59.3 Å². The zero-order valence-corrected chi connectivity index (χ0v) is 14.2. The average molecular weight is 368 g/mol. The molecular formula is C18H19F3N2O3. The Labute approximate surface area is 149 Å². The smallest absolute Gasteiger partial charge is 0.411 e. The molecule has 0 aliphatic carbocycles. The molecule has 2 rings (SSSR count). The van der Waals surface area contributed by atoms with E-state index in [1.165, 1.54) is 0 Å². The Morgan fingerprint density at radius 3 is 2.50 bits per heavy atom. The van der Waals surface area contributed by atoms with E-state index >= 15 is 0 Å². The van der Waals surface area contributed by atoms with Gasteiger partial charge in [0.15, 0.2) is 0 Å². The Morgan fingerprint density at radius 1 is 1.15 bits per heavy atom. The molecule has 2 aromatic rings. The van der Waals surface area contributed by atoms with Crippen molar-refractivity contribution in [3.8, 4) is 5.88 Å². The van der Waals surface area contributed by atoms with Crippen molar-refractivity contribution < 1.29 is 27.4 Å². The van der Waals surface area contributed by atoms with Gasteiger partial charge in [-0.1, -0.05) is 24.3 Å². The highest BCUT2D eigenvalue weighted by Crippen LogP contribution is 2.16. The number of hydrogen-bond acceptors (Lipinski definition) is 4. The molecule has 0 radical (unpaired) electrons. The summed E-state index contributed by atoms with van der Waals surface area (Å²) in [4.78, 5) is 16.3. The molecule has 0 aliphatic heterocycles. The van der Waals surface area contributed by atoms with Crippen molar-refractivity contribution in [1.82, 2.24) is 10.3 Å². The monoisotopic (exact) mass is 368 g/mol. The van der Waals surface area contributed by atoms with E-state index in [0.717, 1.165) is 5.56 Å². The molecule has 0 bridgehead atoms. The number of ether oxygens (including phenoxy) is 2. The molecule has 1 aromatic heterocycles. The third kappa shape index (κ3) is 6.36. The summed E-state index contributed by atoms with van der Waals surface area (Å²) < 4.78 is 46.0. The Balaban J connectivity index is 1.87. The Hall–Kier alpha value is -2.61. The quantitative estimate of drug-likeness (QED) is 0.775. The van der Waals surface area contributed by atoms with Crippen LogP contribution in [0.2, 0.25) is 0 Å². The molecule has 0 saturated carbocycles. The number of pyridine rings is 1. The maximum atomic E-state index is 12.3. The fourth-order valence-corrected chi connectivity index (χ4v) is 2.13. The van der Waals surface area contributed by atoms with Gasteiger partial charge in [0, 0.05) is 12.7 Å². The number of alkyl halides is 3. The molecule has 1 amide bonds. The second kappa shape index (κ2) is 9.19. The molecule has 0 aliphatic rings. The summed E-state index contributed by atoms with van der Waals surface area (Å²) in [5, 5.41) is 2.76. The van der Waals surface area contributed by atoms with E-state index in [4.69, 9.17) is 4.74 Å². The number of aromatic nitrogens is 1. The topological polar surface area (TPSA) is 60.5 Å². The average Bonchev–Trinajstić information content (AvgIpc) is 2.60. The SMILES string of the molecule is CCOc1ncccc1C(=O)NCc1ccc(COCC(F)(F)F)cc1. The molecule has 0 fully saturated rings. The molecular weight excluding hydrogens is 349 g/mol. The molecule has 5 nitrogen and oxygen atoms in total.